The van der Waals surface area contributed by atoms with Gasteiger partial charge in [0, 0.05) is 5.56 Å². The smallest absolute Gasteiger partial charge is 0.251 e. The zero-order chi connectivity index (χ0) is 10.7. The molecule has 1 N–H and O–H groups in total. The predicted molar refractivity (Wildman–Crippen MR) is 56.7 cm³/mol. The van der Waals surface area contributed by atoms with E-state index in [4.69, 9.17) is 4.18 Å². The van der Waals surface area contributed by atoms with E-state index in [1.807, 2.05) is 6.07 Å². The van der Waals surface area contributed by atoms with Crippen molar-refractivity contribution in [2.45, 2.75) is 6.04 Å². The first kappa shape index (κ1) is 10.3. The molecule has 1 amide bonds. The van der Waals surface area contributed by atoms with E-state index in [2.05, 4.69) is 5.32 Å². The van der Waals surface area contributed by atoms with Gasteiger partial charge in [-0.2, -0.15) is 0 Å². The summed E-state index contributed by atoms with van der Waals surface area (Å²) in [7, 11) is 0. The Hall–Kier alpha value is -1.20. The van der Waals surface area contributed by atoms with Crippen LogP contribution in [0.2, 0.25) is 0 Å². The molecule has 0 aromatic heterocycles. The fourth-order valence-corrected chi connectivity index (χ4v) is 2.28. The van der Waals surface area contributed by atoms with Crippen LogP contribution in [-0.4, -0.2) is 28.5 Å². The number of rotatable bonds is 2. The fraction of sp³-hybridized carbons (Fsp3) is 0.300. The minimum atomic E-state index is -1.24. The van der Waals surface area contributed by atoms with Crippen LogP contribution in [0.25, 0.3) is 0 Å². The van der Waals surface area contributed by atoms with Crippen molar-refractivity contribution in [2.24, 2.45) is 0 Å². The average Bonchev–Trinajstić information content (AvgIpc) is 2.65. The summed E-state index contributed by atoms with van der Waals surface area (Å²) in [6.45, 7) is 0.325. The van der Waals surface area contributed by atoms with Gasteiger partial charge in [-0.15, -0.1) is 0 Å². The van der Waals surface area contributed by atoms with E-state index in [1.54, 1.807) is 24.3 Å². The normalized spacial score (nSPS) is 25.1. The molecule has 2 rings (SSSR count). The Balaban J connectivity index is 1.96. The average molecular weight is 225 g/mol. The number of amides is 1. The molecule has 0 radical (unpaired) electrons. The Morgan fingerprint density at radius 1 is 1.40 bits per heavy atom. The van der Waals surface area contributed by atoms with Gasteiger partial charge in [0.15, 0.2) is 11.1 Å². The zero-order valence-corrected chi connectivity index (χ0v) is 8.83. The highest BCUT2D eigenvalue weighted by Crippen LogP contribution is 2.05. The third-order valence-corrected chi connectivity index (χ3v) is 3.18. The molecule has 1 fully saturated rings. The maximum Gasteiger partial charge on any atom is 0.251 e. The zero-order valence-electron chi connectivity index (χ0n) is 8.01. The second-order valence-electron chi connectivity index (χ2n) is 3.29. The van der Waals surface area contributed by atoms with Crippen molar-refractivity contribution in [3.8, 4) is 0 Å². The van der Waals surface area contributed by atoms with Crippen molar-refractivity contribution < 1.29 is 13.2 Å². The van der Waals surface area contributed by atoms with Crippen LogP contribution in [0.15, 0.2) is 30.3 Å². The number of benzene rings is 1. The van der Waals surface area contributed by atoms with Gasteiger partial charge in [0.05, 0.1) is 18.4 Å². The quantitative estimate of drug-likeness (QED) is 0.796. The van der Waals surface area contributed by atoms with Crippen LogP contribution in [0.1, 0.15) is 10.4 Å². The standard InChI is InChI=1S/C10H11NO3S/c12-10(8-4-2-1-3-5-8)11-9-6-14-15(13)7-9/h1-5,9H,6-7H2,(H,11,12). The highest BCUT2D eigenvalue weighted by Gasteiger charge is 2.23. The van der Waals surface area contributed by atoms with Crippen molar-refractivity contribution in [1.82, 2.24) is 5.32 Å². The minimum Gasteiger partial charge on any atom is -0.346 e. The molecule has 1 saturated heterocycles. The van der Waals surface area contributed by atoms with Gasteiger partial charge in [-0.05, 0) is 12.1 Å². The topological polar surface area (TPSA) is 55.4 Å². The van der Waals surface area contributed by atoms with Gasteiger partial charge in [0.25, 0.3) is 5.91 Å². The minimum absolute atomic E-state index is 0.140. The molecule has 1 aromatic rings. The van der Waals surface area contributed by atoms with Gasteiger partial charge >= 0.3 is 0 Å². The number of carbonyl (C=O) groups excluding carboxylic acids is 1. The summed E-state index contributed by atoms with van der Waals surface area (Å²) in [6, 6.07) is 8.80. The maximum absolute atomic E-state index is 11.6. The molecule has 15 heavy (non-hydrogen) atoms. The summed E-state index contributed by atoms with van der Waals surface area (Å²) in [5, 5.41) is 2.77. The molecular formula is C10H11NO3S. The number of nitrogens with one attached hydrogen (secondary N) is 1. The van der Waals surface area contributed by atoms with Crippen LogP contribution in [0.3, 0.4) is 0 Å². The van der Waals surface area contributed by atoms with Crippen molar-refractivity contribution in [2.75, 3.05) is 12.4 Å². The summed E-state index contributed by atoms with van der Waals surface area (Å²) in [5.74, 6) is 0.224. The van der Waals surface area contributed by atoms with Crippen LogP contribution in [0.5, 0.6) is 0 Å². The van der Waals surface area contributed by atoms with Crippen LogP contribution in [0.4, 0.5) is 0 Å². The third-order valence-electron chi connectivity index (χ3n) is 2.11. The van der Waals surface area contributed by atoms with Gasteiger partial charge in [-0.25, -0.2) is 4.21 Å². The molecule has 1 heterocycles. The van der Waals surface area contributed by atoms with Crippen LogP contribution < -0.4 is 5.32 Å². The Morgan fingerprint density at radius 2 is 2.13 bits per heavy atom. The summed E-state index contributed by atoms with van der Waals surface area (Å²) < 4.78 is 15.8. The van der Waals surface area contributed by atoms with Crippen LogP contribution in [0, 0.1) is 0 Å². The van der Waals surface area contributed by atoms with Crippen molar-refractivity contribution in [1.29, 1.82) is 0 Å². The first-order valence-electron chi connectivity index (χ1n) is 4.63. The molecule has 0 spiro atoms. The first-order chi connectivity index (χ1) is 7.25. The van der Waals surface area contributed by atoms with Gasteiger partial charge in [0.1, 0.15) is 0 Å². The summed E-state index contributed by atoms with van der Waals surface area (Å²) in [6.07, 6.45) is 0. The monoisotopic (exact) mass is 225 g/mol. The molecule has 1 aliphatic heterocycles. The first-order valence-corrected chi connectivity index (χ1v) is 5.87. The van der Waals surface area contributed by atoms with Crippen molar-refractivity contribution in [3.05, 3.63) is 35.9 Å². The number of hydrogen-bond donors (Lipinski definition) is 1. The van der Waals surface area contributed by atoms with E-state index in [9.17, 15) is 9.00 Å². The maximum atomic E-state index is 11.6. The molecule has 80 valence electrons. The van der Waals surface area contributed by atoms with Gasteiger partial charge in [-0.1, -0.05) is 18.2 Å². The van der Waals surface area contributed by atoms with E-state index in [0.717, 1.165) is 0 Å². The lowest BCUT2D eigenvalue weighted by Crippen LogP contribution is -2.37. The molecule has 2 atom stereocenters. The lowest BCUT2D eigenvalue weighted by Gasteiger charge is -2.08. The molecule has 5 heteroatoms. The fourth-order valence-electron chi connectivity index (χ4n) is 1.36. The third kappa shape index (κ3) is 2.64. The second-order valence-corrected chi connectivity index (χ2v) is 4.47. The summed E-state index contributed by atoms with van der Waals surface area (Å²) in [5.41, 5.74) is 0.607. The van der Waals surface area contributed by atoms with Crippen LogP contribution >= 0.6 is 0 Å². The van der Waals surface area contributed by atoms with Gasteiger partial charge in [0.2, 0.25) is 0 Å². The number of carbonyl (C=O) groups is 1. The largest absolute Gasteiger partial charge is 0.346 e. The van der Waals surface area contributed by atoms with E-state index >= 15 is 0 Å². The highest BCUT2D eigenvalue weighted by molar-refractivity contribution is 7.80. The highest BCUT2D eigenvalue weighted by atomic mass is 32.2. The Morgan fingerprint density at radius 3 is 2.73 bits per heavy atom. The van der Waals surface area contributed by atoms with E-state index in [0.29, 0.717) is 17.9 Å². The van der Waals surface area contributed by atoms with E-state index < -0.39 is 11.1 Å². The number of hydrogen-bond acceptors (Lipinski definition) is 3. The molecule has 0 bridgehead atoms. The van der Waals surface area contributed by atoms with E-state index in [-0.39, 0.29) is 11.9 Å². The Labute approximate surface area is 90.3 Å². The van der Waals surface area contributed by atoms with E-state index in [1.165, 1.54) is 0 Å². The molecule has 0 saturated carbocycles. The molecule has 2 unspecified atom stereocenters. The van der Waals surface area contributed by atoms with Gasteiger partial charge < -0.3 is 5.32 Å². The lowest BCUT2D eigenvalue weighted by molar-refractivity contribution is 0.0935. The summed E-state index contributed by atoms with van der Waals surface area (Å²) in [4.78, 5) is 11.6. The summed E-state index contributed by atoms with van der Waals surface area (Å²) >= 11 is -1.24. The molecule has 0 aliphatic carbocycles. The van der Waals surface area contributed by atoms with Crippen molar-refractivity contribution in [3.63, 3.8) is 0 Å². The molecule has 1 aromatic carbocycles. The Bertz CT molecular complexity index is 380. The van der Waals surface area contributed by atoms with Gasteiger partial charge in [-0.3, -0.25) is 8.98 Å². The predicted octanol–water partition coefficient (Wildman–Crippen LogP) is 0.479. The second kappa shape index (κ2) is 4.55. The molecular weight excluding hydrogens is 214 g/mol. The SMILES string of the molecule is O=C(NC1COS(=O)C1)c1ccccc1. The molecule has 1 aliphatic rings. The Kier molecular flexibility index (Phi) is 3.13. The molecule has 4 nitrogen and oxygen atoms in total. The van der Waals surface area contributed by atoms with Crippen molar-refractivity contribution >= 4 is 17.0 Å². The lowest BCUT2D eigenvalue weighted by atomic mass is 10.2. The van der Waals surface area contributed by atoms with Crippen LogP contribution in [-0.2, 0) is 15.3 Å².